The minimum atomic E-state index is 0.402. The van der Waals surface area contributed by atoms with Crippen LogP contribution in [0.4, 0.5) is 0 Å². The van der Waals surface area contributed by atoms with E-state index >= 15 is 0 Å². The summed E-state index contributed by atoms with van der Waals surface area (Å²) >= 11 is 3.32. The first-order chi connectivity index (χ1) is 7.19. The van der Waals surface area contributed by atoms with Crippen molar-refractivity contribution in [3.05, 3.63) is 34.3 Å². The minimum Gasteiger partial charge on any atom is -0.325 e. The van der Waals surface area contributed by atoms with Gasteiger partial charge in [-0.3, -0.25) is 0 Å². The van der Waals surface area contributed by atoms with Crippen LogP contribution < -0.4 is 5.73 Å². The molecule has 78 valence electrons. The van der Waals surface area contributed by atoms with Crippen molar-refractivity contribution in [2.75, 3.05) is 0 Å². The Hall–Kier alpha value is -1.27. The van der Waals surface area contributed by atoms with Crippen LogP contribution in [0.25, 0.3) is 5.95 Å². The van der Waals surface area contributed by atoms with Gasteiger partial charge in [0.15, 0.2) is 0 Å². The monoisotopic (exact) mass is 267 g/mol. The highest BCUT2D eigenvalue weighted by atomic mass is 79.9. The Morgan fingerprint density at radius 2 is 2.27 bits per heavy atom. The van der Waals surface area contributed by atoms with Gasteiger partial charge in [-0.2, -0.15) is 5.10 Å². The van der Waals surface area contributed by atoms with Gasteiger partial charge in [-0.1, -0.05) is 0 Å². The maximum atomic E-state index is 5.54. The van der Waals surface area contributed by atoms with Gasteiger partial charge in [0.1, 0.15) is 0 Å². The molecule has 2 aromatic rings. The van der Waals surface area contributed by atoms with Crippen LogP contribution in [-0.4, -0.2) is 19.7 Å². The van der Waals surface area contributed by atoms with Gasteiger partial charge in [0.2, 0.25) is 0 Å². The van der Waals surface area contributed by atoms with Crippen LogP contribution in [0.1, 0.15) is 11.4 Å². The summed E-state index contributed by atoms with van der Waals surface area (Å²) in [6.45, 7) is 2.31. The quantitative estimate of drug-likeness (QED) is 0.888. The molecular formula is C9H10BrN5. The van der Waals surface area contributed by atoms with Crippen LogP contribution in [0.2, 0.25) is 0 Å². The fraction of sp³-hybridized carbons (Fsp3) is 0.222. The molecule has 0 aliphatic rings. The summed E-state index contributed by atoms with van der Waals surface area (Å²) in [5, 5.41) is 4.11. The van der Waals surface area contributed by atoms with Crippen molar-refractivity contribution in [2.45, 2.75) is 13.5 Å². The predicted molar refractivity (Wildman–Crippen MR) is 59.5 cm³/mol. The third kappa shape index (κ3) is 2.21. The summed E-state index contributed by atoms with van der Waals surface area (Å²) in [7, 11) is 0. The number of aryl methyl sites for hydroxylation is 1. The summed E-state index contributed by atoms with van der Waals surface area (Å²) in [6, 6.07) is 1.86. The molecule has 6 heteroatoms. The largest absolute Gasteiger partial charge is 0.325 e. The smallest absolute Gasteiger partial charge is 0.251 e. The summed E-state index contributed by atoms with van der Waals surface area (Å²) in [6.07, 6.45) is 3.49. The second-order valence-electron chi connectivity index (χ2n) is 3.11. The highest BCUT2D eigenvalue weighted by Gasteiger charge is 2.04. The third-order valence-electron chi connectivity index (χ3n) is 1.86. The lowest BCUT2D eigenvalue weighted by atomic mass is 10.3. The average molecular weight is 268 g/mol. The Balaban J connectivity index is 2.48. The predicted octanol–water partition coefficient (Wildman–Crippen LogP) is 1.19. The number of halogens is 1. The topological polar surface area (TPSA) is 69.6 Å². The summed E-state index contributed by atoms with van der Waals surface area (Å²) in [4.78, 5) is 8.56. The molecular weight excluding hydrogens is 258 g/mol. The molecule has 0 spiro atoms. The zero-order valence-corrected chi connectivity index (χ0v) is 9.77. The van der Waals surface area contributed by atoms with E-state index in [0.717, 1.165) is 15.9 Å². The molecule has 0 amide bonds. The van der Waals surface area contributed by atoms with Crippen LogP contribution in [0.15, 0.2) is 22.9 Å². The Kier molecular flexibility index (Phi) is 2.79. The van der Waals surface area contributed by atoms with Gasteiger partial charge >= 0.3 is 0 Å². The van der Waals surface area contributed by atoms with Gasteiger partial charge in [0.05, 0.1) is 16.4 Å². The first-order valence-corrected chi connectivity index (χ1v) is 5.23. The molecule has 5 nitrogen and oxygen atoms in total. The molecule has 0 aliphatic carbocycles. The molecule has 0 atom stereocenters. The first kappa shape index (κ1) is 10.3. The highest BCUT2D eigenvalue weighted by molar-refractivity contribution is 9.10. The van der Waals surface area contributed by atoms with Crippen molar-refractivity contribution in [3.63, 3.8) is 0 Å². The van der Waals surface area contributed by atoms with Crippen LogP contribution in [0.5, 0.6) is 0 Å². The zero-order valence-electron chi connectivity index (χ0n) is 8.18. The van der Waals surface area contributed by atoms with Crippen molar-refractivity contribution in [1.82, 2.24) is 19.7 Å². The Morgan fingerprint density at radius 3 is 2.87 bits per heavy atom. The molecule has 0 fully saturated rings. The fourth-order valence-corrected chi connectivity index (χ4v) is 1.52. The second-order valence-corrected chi connectivity index (χ2v) is 4.02. The van der Waals surface area contributed by atoms with E-state index in [2.05, 4.69) is 31.0 Å². The van der Waals surface area contributed by atoms with Crippen LogP contribution in [-0.2, 0) is 6.54 Å². The van der Waals surface area contributed by atoms with E-state index in [-0.39, 0.29) is 0 Å². The average Bonchev–Trinajstić information content (AvgIpc) is 2.64. The summed E-state index contributed by atoms with van der Waals surface area (Å²) in [5.74, 6) is 0.543. The van der Waals surface area contributed by atoms with E-state index in [0.29, 0.717) is 12.5 Å². The molecule has 0 saturated heterocycles. The van der Waals surface area contributed by atoms with Crippen molar-refractivity contribution in [1.29, 1.82) is 0 Å². The van der Waals surface area contributed by atoms with Crippen LogP contribution >= 0.6 is 15.9 Å². The summed E-state index contributed by atoms with van der Waals surface area (Å²) < 4.78 is 2.50. The van der Waals surface area contributed by atoms with Gasteiger partial charge in [-0.15, -0.1) is 0 Å². The molecule has 2 rings (SSSR count). The third-order valence-corrected chi connectivity index (χ3v) is 2.27. The van der Waals surface area contributed by atoms with Crippen molar-refractivity contribution in [2.24, 2.45) is 5.73 Å². The van der Waals surface area contributed by atoms with E-state index < -0.39 is 0 Å². The molecule has 0 bridgehead atoms. The fourth-order valence-electron chi connectivity index (χ4n) is 1.23. The normalized spacial score (nSPS) is 10.6. The van der Waals surface area contributed by atoms with E-state index in [1.165, 1.54) is 0 Å². The van der Waals surface area contributed by atoms with Crippen molar-refractivity contribution in [3.8, 4) is 5.95 Å². The van der Waals surface area contributed by atoms with Gasteiger partial charge in [0, 0.05) is 18.4 Å². The Bertz CT molecular complexity index is 479. The number of hydrogen-bond acceptors (Lipinski definition) is 4. The standard InChI is InChI=1S/C9H10BrN5/c1-6-2-8(3-11)14-9(13-6)15-5-7(10)4-12-15/h2,4-5H,3,11H2,1H3. The Morgan fingerprint density at radius 1 is 1.47 bits per heavy atom. The van der Waals surface area contributed by atoms with E-state index in [1.807, 2.05) is 13.0 Å². The zero-order chi connectivity index (χ0) is 10.8. The first-order valence-electron chi connectivity index (χ1n) is 4.44. The number of hydrogen-bond donors (Lipinski definition) is 1. The number of rotatable bonds is 2. The summed E-state index contributed by atoms with van der Waals surface area (Å²) in [5.41, 5.74) is 7.23. The molecule has 0 aliphatic heterocycles. The molecule has 0 aromatic carbocycles. The highest BCUT2D eigenvalue weighted by Crippen LogP contribution is 2.10. The second kappa shape index (κ2) is 4.08. The molecule has 0 saturated carbocycles. The van der Waals surface area contributed by atoms with Crippen molar-refractivity contribution < 1.29 is 0 Å². The molecule has 2 aromatic heterocycles. The van der Waals surface area contributed by atoms with Gasteiger partial charge < -0.3 is 5.73 Å². The Labute approximate surface area is 95.5 Å². The lowest BCUT2D eigenvalue weighted by molar-refractivity contribution is 0.782. The maximum absolute atomic E-state index is 5.54. The van der Waals surface area contributed by atoms with Crippen LogP contribution in [0, 0.1) is 6.92 Å². The molecule has 2 N–H and O–H groups in total. The van der Waals surface area contributed by atoms with E-state index in [9.17, 15) is 0 Å². The number of aromatic nitrogens is 4. The molecule has 15 heavy (non-hydrogen) atoms. The molecule has 0 unspecified atom stereocenters. The van der Waals surface area contributed by atoms with Crippen LogP contribution in [0.3, 0.4) is 0 Å². The van der Waals surface area contributed by atoms with E-state index in [1.54, 1.807) is 17.1 Å². The minimum absolute atomic E-state index is 0.402. The lowest BCUT2D eigenvalue weighted by Crippen LogP contribution is -2.08. The SMILES string of the molecule is Cc1cc(CN)nc(-n2cc(Br)cn2)n1. The molecule has 0 radical (unpaired) electrons. The number of nitrogens with two attached hydrogens (primary N) is 1. The lowest BCUT2D eigenvalue weighted by Gasteiger charge is -2.03. The number of nitrogens with zero attached hydrogens (tertiary/aromatic N) is 4. The van der Waals surface area contributed by atoms with Gasteiger partial charge in [-0.05, 0) is 28.9 Å². The van der Waals surface area contributed by atoms with Crippen molar-refractivity contribution >= 4 is 15.9 Å². The van der Waals surface area contributed by atoms with E-state index in [4.69, 9.17) is 5.73 Å². The maximum Gasteiger partial charge on any atom is 0.251 e. The van der Waals surface area contributed by atoms with Gasteiger partial charge in [0.25, 0.3) is 5.95 Å². The van der Waals surface area contributed by atoms with Gasteiger partial charge in [-0.25, -0.2) is 14.6 Å². The molecule has 2 heterocycles.